The third kappa shape index (κ3) is 5.12. The third-order valence-electron chi connectivity index (χ3n) is 11.2. The molecule has 0 saturated carbocycles. The molecule has 0 fully saturated rings. The van der Waals surface area contributed by atoms with Gasteiger partial charge in [-0.2, -0.15) is 0 Å². The number of rotatable bonds is 5. The molecule has 0 amide bonds. The molecule has 58 heavy (non-hydrogen) atoms. The van der Waals surface area contributed by atoms with E-state index in [-0.39, 0.29) is 0 Å². The van der Waals surface area contributed by atoms with Crippen LogP contribution in [0.5, 0.6) is 0 Å². The Morgan fingerprint density at radius 1 is 0.328 bits per heavy atom. The van der Waals surface area contributed by atoms with Crippen LogP contribution in [-0.4, -0.2) is 19.9 Å². The maximum atomic E-state index is 6.70. The van der Waals surface area contributed by atoms with Crippen molar-refractivity contribution in [2.75, 3.05) is 0 Å². The Kier molecular flexibility index (Phi) is 7.13. The van der Waals surface area contributed by atoms with Crippen molar-refractivity contribution < 1.29 is 8.83 Å². The van der Waals surface area contributed by atoms with E-state index < -0.39 is 0 Å². The first-order valence-corrected chi connectivity index (χ1v) is 19.3. The van der Waals surface area contributed by atoms with Gasteiger partial charge in [-0.05, 0) is 79.8 Å². The Labute approximate surface area is 331 Å². The van der Waals surface area contributed by atoms with Gasteiger partial charge in [-0.25, -0.2) is 19.9 Å². The average Bonchev–Trinajstić information content (AvgIpc) is 3.91. The molecule has 0 radical (unpaired) electrons. The van der Waals surface area contributed by atoms with Crippen molar-refractivity contribution in [2.24, 2.45) is 0 Å². The molecule has 0 atom stereocenters. The zero-order valence-corrected chi connectivity index (χ0v) is 30.9. The predicted molar refractivity (Wildman–Crippen MR) is 234 cm³/mol. The van der Waals surface area contributed by atoms with Crippen LogP contribution in [-0.2, 0) is 0 Å². The first-order valence-electron chi connectivity index (χ1n) is 19.3. The van der Waals surface area contributed by atoms with Crippen LogP contribution in [0.3, 0.4) is 0 Å². The minimum absolute atomic E-state index is 0.541. The molecular formula is C52H30N4O2. The van der Waals surface area contributed by atoms with Crippen LogP contribution in [0.1, 0.15) is 0 Å². The number of aromatic nitrogens is 4. The van der Waals surface area contributed by atoms with E-state index in [0.717, 1.165) is 87.6 Å². The third-order valence-corrected chi connectivity index (χ3v) is 11.2. The summed E-state index contributed by atoms with van der Waals surface area (Å²) in [6.45, 7) is 0. The lowest BCUT2D eigenvalue weighted by Gasteiger charge is -2.16. The van der Waals surface area contributed by atoms with Crippen LogP contribution in [0.25, 0.3) is 122 Å². The van der Waals surface area contributed by atoms with Crippen molar-refractivity contribution in [3.05, 3.63) is 182 Å². The molecule has 0 N–H and O–H groups in total. The molecular weight excluding hydrogens is 713 g/mol. The summed E-state index contributed by atoms with van der Waals surface area (Å²) in [5, 5.41) is 8.64. The Morgan fingerprint density at radius 2 is 0.948 bits per heavy atom. The SMILES string of the molecule is c1ccc(-c2nc(-c3ccccc3)nc(-c3ccc(-c4cc(-c5nc6ccc7c8ccccc8oc7c6o5)c5ccccc5c4)c4c3ccc3ccccc34)n2)cc1. The summed E-state index contributed by atoms with van der Waals surface area (Å²) in [6, 6.07) is 62.5. The molecule has 9 aromatic carbocycles. The van der Waals surface area contributed by atoms with Crippen LogP contribution >= 0.6 is 0 Å². The maximum absolute atomic E-state index is 6.70. The van der Waals surface area contributed by atoms with Crippen LogP contribution in [0.2, 0.25) is 0 Å². The van der Waals surface area contributed by atoms with E-state index in [9.17, 15) is 0 Å². The Morgan fingerprint density at radius 3 is 1.72 bits per heavy atom. The fourth-order valence-corrected chi connectivity index (χ4v) is 8.42. The summed E-state index contributed by atoms with van der Waals surface area (Å²) in [7, 11) is 0. The van der Waals surface area contributed by atoms with Crippen molar-refractivity contribution in [2.45, 2.75) is 0 Å². The lowest BCUT2D eigenvalue weighted by molar-refractivity contribution is 0.604. The van der Waals surface area contributed by atoms with Gasteiger partial charge in [0.2, 0.25) is 5.89 Å². The summed E-state index contributed by atoms with van der Waals surface area (Å²) in [6.07, 6.45) is 0. The van der Waals surface area contributed by atoms with Gasteiger partial charge >= 0.3 is 0 Å². The van der Waals surface area contributed by atoms with Gasteiger partial charge < -0.3 is 8.83 Å². The highest BCUT2D eigenvalue weighted by molar-refractivity contribution is 6.19. The lowest BCUT2D eigenvalue weighted by Crippen LogP contribution is -2.01. The molecule has 6 nitrogen and oxygen atoms in total. The van der Waals surface area contributed by atoms with Gasteiger partial charge in [0, 0.05) is 33.0 Å². The van der Waals surface area contributed by atoms with Crippen LogP contribution in [0.4, 0.5) is 0 Å². The van der Waals surface area contributed by atoms with Crippen LogP contribution < -0.4 is 0 Å². The van der Waals surface area contributed by atoms with Crippen LogP contribution in [0, 0.1) is 0 Å². The van der Waals surface area contributed by atoms with Crippen molar-refractivity contribution >= 4 is 65.4 Å². The topological polar surface area (TPSA) is 77.8 Å². The summed E-state index contributed by atoms with van der Waals surface area (Å²) in [5.74, 6) is 2.40. The van der Waals surface area contributed by atoms with E-state index >= 15 is 0 Å². The Bertz CT molecular complexity index is 3510. The predicted octanol–water partition coefficient (Wildman–Crippen LogP) is 13.7. The molecule has 270 valence electrons. The fraction of sp³-hybridized carbons (Fsp3) is 0. The molecule has 0 spiro atoms. The van der Waals surface area contributed by atoms with Crippen LogP contribution in [0.15, 0.2) is 191 Å². The number of furan rings is 1. The van der Waals surface area contributed by atoms with E-state index in [1.165, 1.54) is 0 Å². The number of para-hydroxylation sites is 1. The standard InChI is InChI=1S/C52H30N4O2/c1-3-14-32(15-4-1)49-54-50(33-16-5-2-6-17-33)56-51(55-49)42-26-25-38(46-37-20-10-7-13-31(37)23-24-40(42)46)35-29-34-18-8-9-19-36(34)43(30-35)52-53-44-28-27-41-39-21-11-12-22-45(39)57-47(41)48(44)58-52/h1-30H. The summed E-state index contributed by atoms with van der Waals surface area (Å²) >= 11 is 0. The van der Waals surface area contributed by atoms with Gasteiger partial charge in [-0.1, -0.05) is 146 Å². The monoisotopic (exact) mass is 742 g/mol. The second kappa shape index (κ2) is 12.8. The highest BCUT2D eigenvalue weighted by Crippen LogP contribution is 2.43. The Hall–Kier alpha value is -7.96. The van der Waals surface area contributed by atoms with Gasteiger partial charge in [0.15, 0.2) is 28.6 Å². The van der Waals surface area contributed by atoms with Crippen molar-refractivity contribution in [3.63, 3.8) is 0 Å². The van der Waals surface area contributed by atoms with Gasteiger partial charge in [0.25, 0.3) is 0 Å². The van der Waals surface area contributed by atoms with Crippen molar-refractivity contribution in [1.82, 2.24) is 19.9 Å². The second-order valence-electron chi connectivity index (χ2n) is 14.6. The summed E-state index contributed by atoms with van der Waals surface area (Å²) in [4.78, 5) is 20.3. The summed E-state index contributed by atoms with van der Waals surface area (Å²) < 4.78 is 13.0. The van der Waals surface area contributed by atoms with Crippen molar-refractivity contribution in [1.29, 1.82) is 0 Å². The maximum Gasteiger partial charge on any atom is 0.228 e. The number of hydrogen-bond donors (Lipinski definition) is 0. The lowest BCUT2D eigenvalue weighted by atomic mass is 9.89. The van der Waals surface area contributed by atoms with E-state index in [2.05, 4.69) is 97.1 Å². The Balaban J connectivity index is 1.10. The summed E-state index contributed by atoms with van der Waals surface area (Å²) in [5.41, 5.74) is 8.73. The van der Waals surface area contributed by atoms with Gasteiger partial charge in [-0.15, -0.1) is 0 Å². The molecule has 12 aromatic rings. The van der Waals surface area contributed by atoms with E-state index in [4.69, 9.17) is 28.8 Å². The number of hydrogen-bond acceptors (Lipinski definition) is 6. The molecule has 0 aliphatic carbocycles. The number of benzene rings is 9. The number of nitrogens with zero attached hydrogens (tertiary/aromatic N) is 4. The number of oxazole rings is 1. The quantitative estimate of drug-likeness (QED) is 0.163. The minimum atomic E-state index is 0.541. The first kappa shape index (κ1) is 32.3. The van der Waals surface area contributed by atoms with Crippen molar-refractivity contribution in [3.8, 4) is 56.7 Å². The molecule has 0 aliphatic rings. The zero-order chi connectivity index (χ0) is 38.2. The average molecular weight is 743 g/mol. The second-order valence-corrected chi connectivity index (χ2v) is 14.6. The van der Waals surface area contributed by atoms with Gasteiger partial charge in [0.1, 0.15) is 11.1 Å². The van der Waals surface area contributed by atoms with E-state index in [0.29, 0.717) is 34.5 Å². The minimum Gasteiger partial charge on any atom is -0.452 e. The fourth-order valence-electron chi connectivity index (χ4n) is 8.42. The smallest absolute Gasteiger partial charge is 0.228 e. The molecule has 0 aliphatic heterocycles. The molecule has 0 bridgehead atoms. The van der Waals surface area contributed by atoms with Gasteiger partial charge in [-0.3, -0.25) is 0 Å². The molecule has 3 aromatic heterocycles. The first-order chi connectivity index (χ1) is 28.7. The normalized spacial score (nSPS) is 11.8. The highest BCUT2D eigenvalue weighted by atomic mass is 16.4. The largest absolute Gasteiger partial charge is 0.452 e. The molecule has 0 unspecified atom stereocenters. The molecule has 3 heterocycles. The molecule has 12 rings (SSSR count). The molecule has 6 heteroatoms. The molecule has 0 saturated heterocycles. The number of fused-ring (bicyclic) bond motifs is 9. The van der Waals surface area contributed by atoms with E-state index in [1.54, 1.807) is 0 Å². The zero-order valence-electron chi connectivity index (χ0n) is 30.9. The van der Waals surface area contributed by atoms with E-state index in [1.807, 2.05) is 84.9 Å². The van der Waals surface area contributed by atoms with Gasteiger partial charge in [0.05, 0.1) is 0 Å². The highest BCUT2D eigenvalue weighted by Gasteiger charge is 2.21.